The second kappa shape index (κ2) is 9.49. The monoisotopic (exact) mass is 405 g/mol. The summed E-state index contributed by atoms with van der Waals surface area (Å²) >= 11 is 1.86. The van der Waals surface area contributed by atoms with Crippen molar-refractivity contribution in [3.63, 3.8) is 0 Å². The van der Waals surface area contributed by atoms with Gasteiger partial charge in [-0.05, 0) is 60.8 Å². The fourth-order valence-electron chi connectivity index (χ4n) is 3.79. The van der Waals surface area contributed by atoms with Crippen LogP contribution in [0.4, 0.5) is 0 Å². The van der Waals surface area contributed by atoms with Crippen LogP contribution in [0.15, 0.2) is 82.6 Å². The third-order valence-electron chi connectivity index (χ3n) is 5.23. The highest BCUT2D eigenvalue weighted by atomic mass is 32.2. The Hall–Kier alpha value is -2.27. The van der Waals surface area contributed by atoms with Crippen molar-refractivity contribution in [3.8, 4) is 5.75 Å². The average molecular weight is 406 g/mol. The molecule has 0 spiro atoms. The summed E-state index contributed by atoms with van der Waals surface area (Å²) in [7, 11) is 0. The molecule has 3 aromatic carbocycles. The summed E-state index contributed by atoms with van der Waals surface area (Å²) < 4.78 is 5.70. The van der Waals surface area contributed by atoms with Crippen LogP contribution in [0.5, 0.6) is 5.75 Å². The van der Waals surface area contributed by atoms with Crippen LogP contribution >= 0.6 is 11.8 Å². The largest absolute Gasteiger partial charge is 0.491 e. The van der Waals surface area contributed by atoms with Gasteiger partial charge in [-0.1, -0.05) is 60.3 Å². The highest BCUT2D eigenvalue weighted by molar-refractivity contribution is 7.99. The fraction of sp³-hybridized carbons (Fsp3) is 0.280. The van der Waals surface area contributed by atoms with E-state index in [4.69, 9.17) is 4.74 Å². The quantitative estimate of drug-likeness (QED) is 0.517. The average Bonchev–Trinajstić information content (AvgIpc) is 2.74. The Kier molecular flexibility index (Phi) is 6.55. The van der Waals surface area contributed by atoms with E-state index in [-0.39, 0.29) is 0 Å². The predicted molar refractivity (Wildman–Crippen MR) is 119 cm³/mol. The second-order valence-corrected chi connectivity index (χ2v) is 8.59. The first-order chi connectivity index (χ1) is 14.2. The van der Waals surface area contributed by atoms with Crippen molar-refractivity contribution in [2.45, 2.75) is 35.2 Å². The van der Waals surface area contributed by atoms with Gasteiger partial charge in [-0.2, -0.15) is 0 Å². The summed E-state index contributed by atoms with van der Waals surface area (Å²) in [5, 5.41) is 13.6. The molecule has 0 radical (unpaired) electrons. The van der Waals surface area contributed by atoms with Crippen molar-refractivity contribution < 1.29 is 9.84 Å². The molecule has 1 unspecified atom stereocenters. The zero-order valence-electron chi connectivity index (χ0n) is 16.7. The first-order valence-electron chi connectivity index (χ1n) is 10.1. The van der Waals surface area contributed by atoms with Gasteiger partial charge >= 0.3 is 0 Å². The lowest BCUT2D eigenvalue weighted by molar-refractivity contribution is 0.106. The van der Waals surface area contributed by atoms with Crippen LogP contribution in [-0.2, 0) is 0 Å². The molecule has 3 aromatic rings. The molecule has 1 aliphatic rings. The van der Waals surface area contributed by atoms with Crippen LogP contribution in [0.3, 0.4) is 0 Å². The van der Waals surface area contributed by atoms with Gasteiger partial charge in [0.05, 0.1) is 0 Å². The van der Waals surface area contributed by atoms with Crippen LogP contribution < -0.4 is 10.1 Å². The number of fused-ring (bicyclic) bond motifs is 2. The molecule has 1 atom stereocenters. The van der Waals surface area contributed by atoms with Gasteiger partial charge in [-0.15, -0.1) is 0 Å². The van der Waals surface area contributed by atoms with E-state index in [9.17, 15) is 5.11 Å². The summed E-state index contributed by atoms with van der Waals surface area (Å²) in [6.07, 6.45) is 0.469. The van der Waals surface area contributed by atoms with Gasteiger partial charge in [0.15, 0.2) is 0 Å². The standard InChI is InChI=1S/C25H27NO2S/c1-18-7-6-8-20(15-18)28-17-19(27)16-26-14-13-21-22-9-2-4-11-24(22)29-25-12-5-3-10-23(21)25/h2-12,15,19,21,26-27H,13-14,16-17H2,1H3. The van der Waals surface area contributed by atoms with Gasteiger partial charge < -0.3 is 15.2 Å². The minimum absolute atomic E-state index is 0.294. The number of hydrogen-bond donors (Lipinski definition) is 2. The Balaban J connectivity index is 1.29. The number of aryl methyl sites for hydroxylation is 1. The molecule has 0 bridgehead atoms. The van der Waals surface area contributed by atoms with E-state index in [2.05, 4.69) is 53.8 Å². The van der Waals surface area contributed by atoms with Crippen molar-refractivity contribution in [2.24, 2.45) is 0 Å². The van der Waals surface area contributed by atoms with E-state index in [1.165, 1.54) is 20.9 Å². The molecular formula is C25H27NO2S. The Morgan fingerprint density at radius 2 is 1.66 bits per heavy atom. The molecule has 0 aliphatic carbocycles. The topological polar surface area (TPSA) is 41.5 Å². The van der Waals surface area contributed by atoms with E-state index in [0.29, 0.717) is 19.1 Å². The van der Waals surface area contributed by atoms with Crippen molar-refractivity contribution in [1.29, 1.82) is 0 Å². The number of rotatable bonds is 8. The highest BCUT2D eigenvalue weighted by Gasteiger charge is 2.25. The van der Waals surface area contributed by atoms with Crippen LogP contribution in [0.25, 0.3) is 0 Å². The maximum atomic E-state index is 10.2. The second-order valence-electron chi connectivity index (χ2n) is 7.50. The highest BCUT2D eigenvalue weighted by Crippen LogP contribution is 2.46. The number of aliphatic hydroxyl groups is 1. The van der Waals surface area contributed by atoms with Crippen LogP contribution in [0.2, 0.25) is 0 Å². The Labute approximate surface area is 177 Å². The summed E-state index contributed by atoms with van der Waals surface area (Å²) in [6.45, 7) is 3.70. The number of ether oxygens (including phenoxy) is 1. The van der Waals surface area contributed by atoms with E-state index >= 15 is 0 Å². The van der Waals surface area contributed by atoms with Crippen LogP contribution in [-0.4, -0.2) is 30.9 Å². The first-order valence-corrected chi connectivity index (χ1v) is 11.0. The molecule has 2 N–H and O–H groups in total. The Bertz CT molecular complexity index is 913. The van der Waals surface area contributed by atoms with E-state index < -0.39 is 6.10 Å². The lowest BCUT2D eigenvalue weighted by Gasteiger charge is -2.28. The molecule has 4 heteroatoms. The third-order valence-corrected chi connectivity index (χ3v) is 6.41. The molecule has 0 fully saturated rings. The van der Waals surface area contributed by atoms with E-state index in [1.807, 2.05) is 43.0 Å². The normalized spacial score (nSPS) is 14.1. The lowest BCUT2D eigenvalue weighted by Crippen LogP contribution is -2.32. The maximum absolute atomic E-state index is 10.2. The summed E-state index contributed by atoms with van der Waals surface area (Å²) in [6, 6.07) is 25.3. The Morgan fingerprint density at radius 1 is 0.966 bits per heavy atom. The smallest absolute Gasteiger partial charge is 0.119 e. The lowest BCUT2D eigenvalue weighted by atomic mass is 9.88. The van der Waals surface area contributed by atoms with E-state index in [0.717, 1.165) is 24.3 Å². The zero-order chi connectivity index (χ0) is 20.1. The van der Waals surface area contributed by atoms with Gasteiger partial charge in [0.2, 0.25) is 0 Å². The molecule has 1 heterocycles. The molecule has 3 nitrogen and oxygen atoms in total. The van der Waals surface area contributed by atoms with Gasteiger partial charge in [0, 0.05) is 22.3 Å². The molecule has 29 heavy (non-hydrogen) atoms. The van der Waals surface area contributed by atoms with Crippen molar-refractivity contribution >= 4 is 11.8 Å². The fourth-order valence-corrected chi connectivity index (χ4v) is 4.98. The molecule has 0 amide bonds. The maximum Gasteiger partial charge on any atom is 0.119 e. The summed E-state index contributed by atoms with van der Waals surface area (Å²) in [4.78, 5) is 2.70. The van der Waals surface area contributed by atoms with Gasteiger partial charge in [0.1, 0.15) is 18.5 Å². The molecule has 0 aromatic heterocycles. The molecule has 150 valence electrons. The number of aliphatic hydroxyl groups excluding tert-OH is 1. The molecule has 4 rings (SSSR count). The summed E-state index contributed by atoms with van der Waals surface area (Å²) in [5.41, 5.74) is 3.96. The molecule has 1 aliphatic heterocycles. The number of benzene rings is 3. The number of hydrogen-bond acceptors (Lipinski definition) is 4. The van der Waals surface area contributed by atoms with Gasteiger partial charge in [-0.3, -0.25) is 0 Å². The Morgan fingerprint density at radius 3 is 2.34 bits per heavy atom. The molecule has 0 saturated heterocycles. The minimum atomic E-state index is -0.531. The first kappa shape index (κ1) is 20.0. The summed E-state index contributed by atoms with van der Waals surface area (Å²) in [5.74, 6) is 1.19. The predicted octanol–water partition coefficient (Wildman–Crippen LogP) is 5.01. The van der Waals surface area contributed by atoms with Crippen molar-refractivity contribution in [1.82, 2.24) is 5.32 Å². The van der Waals surface area contributed by atoms with Crippen molar-refractivity contribution in [3.05, 3.63) is 89.5 Å². The van der Waals surface area contributed by atoms with Gasteiger partial charge in [-0.25, -0.2) is 0 Å². The zero-order valence-corrected chi connectivity index (χ0v) is 17.5. The minimum Gasteiger partial charge on any atom is -0.491 e. The van der Waals surface area contributed by atoms with Crippen LogP contribution in [0, 0.1) is 6.92 Å². The van der Waals surface area contributed by atoms with E-state index in [1.54, 1.807) is 0 Å². The third kappa shape index (κ3) is 5.02. The number of nitrogens with one attached hydrogen (secondary N) is 1. The molecule has 0 saturated carbocycles. The van der Waals surface area contributed by atoms with Crippen LogP contribution in [0.1, 0.15) is 29.0 Å². The molecular weight excluding hydrogens is 378 g/mol. The SMILES string of the molecule is Cc1cccc(OCC(O)CNCCC2c3ccccc3Sc3ccccc32)c1. The van der Waals surface area contributed by atoms with Crippen molar-refractivity contribution in [2.75, 3.05) is 19.7 Å². The van der Waals surface area contributed by atoms with Gasteiger partial charge in [0.25, 0.3) is 0 Å².